The van der Waals surface area contributed by atoms with Gasteiger partial charge < -0.3 is 14.2 Å². The molecule has 0 bridgehead atoms. The molecule has 0 saturated heterocycles. The molecule has 0 heterocycles. The summed E-state index contributed by atoms with van der Waals surface area (Å²) in [6.07, 6.45) is 5.75. The fraction of sp³-hybridized carbons (Fsp3) is 0.333. The molecule has 0 aromatic carbocycles. The van der Waals surface area contributed by atoms with Gasteiger partial charge in [-0.25, -0.2) is 0 Å². The lowest BCUT2D eigenvalue weighted by Crippen LogP contribution is -1.87. The van der Waals surface area contributed by atoms with Crippen molar-refractivity contribution in [1.29, 1.82) is 0 Å². The van der Waals surface area contributed by atoms with Gasteiger partial charge in [0, 0.05) is 0 Å². The van der Waals surface area contributed by atoms with Gasteiger partial charge in [-0.1, -0.05) is 13.2 Å². The first-order valence-corrected chi connectivity index (χ1v) is 4.60. The Labute approximate surface area is 91.3 Å². The van der Waals surface area contributed by atoms with E-state index in [1.54, 1.807) is 0 Å². The molecule has 0 aromatic heterocycles. The van der Waals surface area contributed by atoms with E-state index in [1.165, 1.54) is 25.0 Å². The van der Waals surface area contributed by atoms with Crippen LogP contribution in [0.25, 0.3) is 0 Å². The topological polar surface area (TPSA) is 27.7 Å². The third-order valence-electron chi connectivity index (χ3n) is 1.12. The molecule has 0 rings (SSSR count). The first kappa shape index (κ1) is 13.4. The number of rotatable bonds is 8. The molecule has 15 heavy (non-hydrogen) atoms. The van der Waals surface area contributed by atoms with Gasteiger partial charge >= 0.3 is 0 Å². The summed E-state index contributed by atoms with van der Waals surface area (Å²) in [6.45, 7) is 12.1. The molecule has 0 unspecified atom stereocenters. The van der Waals surface area contributed by atoms with Crippen LogP contribution >= 0.6 is 0 Å². The van der Waals surface area contributed by atoms with Crippen molar-refractivity contribution >= 4 is 0 Å². The van der Waals surface area contributed by atoms with E-state index < -0.39 is 0 Å². The van der Waals surface area contributed by atoms with E-state index in [2.05, 4.69) is 13.2 Å². The van der Waals surface area contributed by atoms with Crippen LogP contribution in [0, 0.1) is 0 Å². The van der Waals surface area contributed by atoms with E-state index in [0.717, 1.165) is 11.1 Å². The minimum Gasteiger partial charge on any atom is -0.494 e. The van der Waals surface area contributed by atoms with Crippen LogP contribution in [-0.4, -0.2) is 13.2 Å². The van der Waals surface area contributed by atoms with Crippen molar-refractivity contribution < 1.29 is 14.2 Å². The van der Waals surface area contributed by atoms with Crippen molar-refractivity contribution in [2.75, 3.05) is 13.2 Å². The SMILES string of the molecule is C=C(C)COC=COC=COCC(=C)C. The van der Waals surface area contributed by atoms with Crippen LogP contribution in [0.15, 0.2) is 49.4 Å². The van der Waals surface area contributed by atoms with E-state index in [9.17, 15) is 0 Å². The van der Waals surface area contributed by atoms with Gasteiger partial charge in [-0.15, -0.1) is 0 Å². The second-order valence-corrected chi connectivity index (χ2v) is 3.22. The third-order valence-corrected chi connectivity index (χ3v) is 1.12. The molecule has 0 atom stereocenters. The molecule has 0 amide bonds. The molecule has 0 aliphatic heterocycles. The Morgan fingerprint density at radius 3 is 1.60 bits per heavy atom. The Hall–Kier alpha value is -1.64. The van der Waals surface area contributed by atoms with Crippen LogP contribution in [0.2, 0.25) is 0 Å². The smallest absolute Gasteiger partial charge is 0.125 e. The lowest BCUT2D eigenvalue weighted by Gasteiger charge is -1.98. The van der Waals surface area contributed by atoms with Crippen molar-refractivity contribution in [3.8, 4) is 0 Å². The Bertz CT molecular complexity index is 226. The molecular formula is C12H18O3. The van der Waals surface area contributed by atoms with E-state index in [-0.39, 0.29) is 0 Å². The number of hydrogen-bond donors (Lipinski definition) is 0. The minimum atomic E-state index is 0.496. The Kier molecular flexibility index (Phi) is 7.96. The van der Waals surface area contributed by atoms with Crippen LogP contribution in [0.3, 0.4) is 0 Å². The Balaban J connectivity index is 3.36. The van der Waals surface area contributed by atoms with Gasteiger partial charge in [-0.3, -0.25) is 0 Å². The maximum Gasteiger partial charge on any atom is 0.125 e. The standard InChI is InChI=1S/C12H18O3/c1-11(2)9-14-7-5-13-6-8-15-10-12(3)4/h5-8H,1,3,9-10H2,2,4H3. The first-order valence-electron chi connectivity index (χ1n) is 4.60. The summed E-state index contributed by atoms with van der Waals surface area (Å²) in [5.74, 6) is 0. The van der Waals surface area contributed by atoms with E-state index in [4.69, 9.17) is 14.2 Å². The molecular weight excluding hydrogens is 192 g/mol. The maximum atomic E-state index is 5.05. The van der Waals surface area contributed by atoms with E-state index in [1.807, 2.05) is 13.8 Å². The van der Waals surface area contributed by atoms with Crippen LogP contribution in [-0.2, 0) is 14.2 Å². The van der Waals surface area contributed by atoms with E-state index in [0.29, 0.717) is 13.2 Å². The van der Waals surface area contributed by atoms with Crippen LogP contribution in [0.1, 0.15) is 13.8 Å². The second kappa shape index (κ2) is 8.94. The fourth-order valence-corrected chi connectivity index (χ4v) is 0.569. The maximum absolute atomic E-state index is 5.05. The van der Waals surface area contributed by atoms with E-state index >= 15 is 0 Å². The largest absolute Gasteiger partial charge is 0.494 e. The van der Waals surface area contributed by atoms with Crippen LogP contribution in [0.4, 0.5) is 0 Å². The van der Waals surface area contributed by atoms with Crippen LogP contribution in [0.5, 0.6) is 0 Å². The van der Waals surface area contributed by atoms with Crippen molar-refractivity contribution in [3.63, 3.8) is 0 Å². The summed E-state index contributed by atoms with van der Waals surface area (Å²) < 4.78 is 15.0. The Morgan fingerprint density at radius 1 is 0.867 bits per heavy atom. The lowest BCUT2D eigenvalue weighted by molar-refractivity contribution is 0.246. The fourth-order valence-electron chi connectivity index (χ4n) is 0.569. The molecule has 84 valence electrons. The van der Waals surface area contributed by atoms with Crippen molar-refractivity contribution in [3.05, 3.63) is 49.4 Å². The molecule has 0 aliphatic rings. The van der Waals surface area contributed by atoms with Gasteiger partial charge in [-0.2, -0.15) is 0 Å². The number of ether oxygens (including phenoxy) is 3. The molecule has 0 fully saturated rings. The third kappa shape index (κ3) is 12.4. The zero-order valence-corrected chi connectivity index (χ0v) is 9.36. The van der Waals surface area contributed by atoms with Gasteiger partial charge in [0.25, 0.3) is 0 Å². The van der Waals surface area contributed by atoms with Crippen molar-refractivity contribution in [2.45, 2.75) is 13.8 Å². The Morgan fingerprint density at radius 2 is 1.27 bits per heavy atom. The quantitative estimate of drug-likeness (QED) is 0.455. The highest BCUT2D eigenvalue weighted by atomic mass is 16.5. The van der Waals surface area contributed by atoms with Gasteiger partial charge in [-0.05, 0) is 25.0 Å². The highest BCUT2D eigenvalue weighted by Gasteiger charge is 1.82. The van der Waals surface area contributed by atoms with Crippen LogP contribution < -0.4 is 0 Å². The predicted molar refractivity (Wildman–Crippen MR) is 60.9 cm³/mol. The lowest BCUT2D eigenvalue weighted by atomic mass is 10.4. The molecule has 0 radical (unpaired) electrons. The summed E-state index contributed by atoms with van der Waals surface area (Å²) in [6, 6.07) is 0. The highest BCUT2D eigenvalue weighted by Crippen LogP contribution is 1.91. The summed E-state index contributed by atoms with van der Waals surface area (Å²) in [4.78, 5) is 0. The van der Waals surface area contributed by atoms with Crippen molar-refractivity contribution in [2.24, 2.45) is 0 Å². The molecule has 3 nitrogen and oxygen atoms in total. The first-order chi connectivity index (χ1) is 7.13. The van der Waals surface area contributed by atoms with Crippen molar-refractivity contribution in [1.82, 2.24) is 0 Å². The van der Waals surface area contributed by atoms with Gasteiger partial charge in [0.15, 0.2) is 0 Å². The van der Waals surface area contributed by atoms with Gasteiger partial charge in [0.2, 0.25) is 0 Å². The average Bonchev–Trinajstić information content (AvgIpc) is 2.14. The van der Waals surface area contributed by atoms with Gasteiger partial charge in [0.1, 0.15) is 38.3 Å². The number of hydrogen-bond acceptors (Lipinski definition) is 3. The zero-order chi connectivity index (χ0) is 11.5. The summed E-state index contributed by atoms with van der Waals surface area (Å²) in [7, 11) is 0. The minimum absolute atomic E-state index is 0.496. The summed E-state index contributed by atoms with van der Waals surface area (Å²) in [5, 5.41) is 0. The molecule has 0 saturated carbocycles. The molecule has 3 heteroatoms. The molecule has 0 aliphatic carbocycles. The molecule has 0 aromatic rings. The normalized spacial score (nSPS) is 10.5. The molecule has 0 N–H and O–H groups in total. The second-order valence-electron chi connectivity index (χ2n) is 3.22. The molecule has 0 spiro atoms. The summed E-state index contributed by atoms with van der Waals surface area (Å²) >= 11 is 0. The predicted octanol–water partition coefficient (Wildman–Crippen LogP) is 3.13. The van der Waals surface area contributed by atoms with Gasteiger partial charge in [0.05, 0.1) is 0 Å². The average molecular weight is 210 g/mol. The highest BCUT2D eigenvalue weighted by molar-refractivity contribution is 4.89. The summed E-state index contributed by atoms with van der Waals surface area (Å²) in [5.41, 5.74) is 1.92. The monoisotopic (exact) mass is 210 g/mol. The zero-order valence-electron chi connectivity index (χ0n) is 9.36.